The monoisotopic (exact) mass is 251 g/mol. The van der Waals surface area contributed by atoms with Crippen molar-refractivity contribution in [2.24, 2.45) is 5.92 Å². The second-order valence-corrected chi connectivity index (χ2v) is 5.20. The number of hydrogen-bond donors (Lipinski definition) is 2. The summed E-state index contributed by atoms with van der Waals surface area (Å²) < 4.78 is 0. The number of aromatic amines is 1. The van der Waals surface area contributed by atoms with E-state index in [0.717, 1.165) is 19.5 Å². The molecule has 1 amide bonds. The molecule has 18 heavy (non-hydrogen) atoms. The molecule has 1 aromatic rings. The number of carbonyl (C=O) groups is 1. The van der Waals surface area contributed by atoms with Crippen LogP contribution in [-0.4, -0.2) is 51.7 Å². The molecule has 0 saturated carbocycles. The molecule has 100 valence electrons. The third-order valence-corrected chi connectivity index (χ3v) is 3.40. The molecule has 6 heteroatoms. The number of H-pyrrole nitrogens is 1. The zero-order valence-electron chi connectivity index (χ0n) is 11.2. The maximum absolute atomic E-state index is 11.8. The predicted molar refractivity (Wildman–Crippen MR) is 68.3 cm³/mol. The smallest absolute Gasteiger partial charge is 0.290 e. The van der Waals surface area contributed by atoms with E-state index in [1.54, 1.807) is 6.92 Å². The molecule has 2 N–H and O–H groups in total. The first-order valence-corrected chi connectivity index (χ1v) is 6.47. The number of aryl methyl sites for hydroxylation is 1. The van der Waals surface area contributed by atoms with Crippen molar-refractivity contribution in [2.75, 3.05) is 19.6 Å². The largest absolute Gasteiger partial charge is 0.349 e. The van der Waals surface area contributed by atoms with Gasteiger partial charge in [-0.1, -0.05) is 0 Å². The lowest BCUT2D eigenvalue weighted by molar-refractivity contribution is 0.0937. The Morgan fingerprint density at radius 3 is 2.94 bits per heavy atom. The van der Waals surface area contributed by atoms with Crippen molar-refractivity contribution in [1.82, 2.24) is 25.4 Å². The second-order valence-electron chi connectivity index (χ2n) is 5.20. The van der Waals surface area contributed by atoms with Crippen LogP contribution in [0, 0.1) is 12.8 Å². The highest BCUT2D eigenvalue weighted by Crippen LogP contribution is 2.17. The third-order valence-electron chi connectivity index (χ3n) is 3.40. The van der Waals surface area contributed by atoms with Gasteiger partial charge in [-0.05, 0) is 39.7 Å². The van der Waals surface area contributed by atoms with Crippen molar-refractivity contribution in [1.29, 1.82) is 0 Å². The van der Waals surface area contributed by atoms with Crippen molar-refractivity contribution in [2.45, 2.75) is 33.2 Å². The molecule has 1 aromatic heterocycles. The summed E-state index contributed by atoms with van der Waals surface area (Å²) in [5, 5.41) is 9.42. The normalized spacial score (nSPS) is 20.6. The summed E-state index contributed by atoms with van der Waals surface area (Å²) in [7, 11) is 0. The molecule has 1 aliphatic rings. The zero-order valence-corrected chi connectivity index (χ0v) is 11.2. The minimum atomic E-state index is -0.192. The number of likely N-dealkylation sites (tertiary alicyclic amines) is 1. The van der Waals surface area contributed by atoms with Crippen LogP contribution in [0.15, 0.2) is 0 Å². The molecule has 0 aliphatic carbocycles. The standard InChI is InChI=1S/C12H21N5O/c1-8(2)17-5-4-10(7-17)6-13-12(18)11-14-9(3)15-16-11/h8,10H,4-7H2,1-3H3,(H,13,18)(H,14,15,16). The predicted octanol–water partition coefficient (Wildman–Crippen LogP) is 0.573. The fourth-order valence-electron chi connectivity index (χ4n) is 2.26. The molecular weight excluding hydrogens is 230 g/mol. The van der Waals surface area contributed by atoms with Crippen molar-refractivity contribution >= 4 is 5.91 Å². The summed E-state index contributed by atoms with van der Waals surface area (Å²) >= 11 is 0. The Kier molecular flexibility index (Phi) is 3.96. The van der Waals surface area contributed by atoms with E-state index in [-0.39, 0.29) is 11.7 Å². The van der Waals surface area contributed by atoms with Crippen LogP contribution in [0.4, 0.5) is 0 Å². The van der Waals surface area contributed by atoms with E-state index < -0.39 is 0 Å². The van der Waals surface area contributed by atoms with Crippen LogP contribution in [0.2, 0.25) is 0 Å². The molecule has 1 unspecified atom stereocenters. The highest BCUT2D eigenvalue weighted by Gasteiger charge is 2.24. The van der Waals surface area contributed by atoms with Crippen molar-refractivity contribution < 1.29 is 4.79 Å². The number of rotatable bonds is 4. The third kappa shape index (κ3) is 3.07. The average Bonchev–Trinajstić information content (AvgIpc) is 2.94. The molecule has 2 rings (SSSR count). The molecule has 0 aromatic carbocycles. The quantitative estimate of drug-likeness (QED) is 0.820. The Bertz CT molecular complexity index is 414. The van der Waals surface area contributed by atoms with Crippen LogP contribution >= 0.6 is 0 Å². The Morgan fingerprint density at radius 1 is 1.61 bits per heavy atom. The van der Waals surface area contributed by atoms with E-state index in [4.69, 9.17) is 0 Å². The maximum atomic E-state index is 11.8. The summed E-state index contributed by atoms with van der Waals surface area (Å²) in [6, 6.07) is 0.585. The highest BCUT2D eigenvalue weighted by atomic mass is 16.2. The Balaban J connectivity index is 1.77. The van der Waals surface area contributed by atoms with Gasteiger partial charge in [-0.2, -0.15) is 0 Å². The van der Waals surface area contributed by atoms with Crippen molar-refractivity contribution in [3.05, 3.63) is 11.6 Å². The van der Waals surface area contributed by atoms with Crippen molar-refractivity contribution in [3.63, 3.8) is 0 Å². The van der Waals surface area contributed by atoms with Gasteiger partial charge in [0.05, 0.1) is 0 Å². The summed E-state index contributed by atoms with van der Waals surface area (Å²) in [5.41, 5.74) is 0. The number of nitrogens with one attached hydrogen (secondary N) is 2. The highest BCUT2D eigenvalue weighted by molar-refractivity contribution is 5.90. The van der Waals surface area contributed by atoms with Crippen LogP contribution in [0.3, 0.4) is 0 Å². The van der Waals surface area contributed by atoms with Crippen LogP contribution in [0.1, 0.15) is 36.7 Å². The summed E-state index contributed by atoms with van der Waals surface area (Å²) in [5.74, 6) is 1.23. The van der Waals surface area contributed by atoms with E-state index in [9.17, 15) is 4.79 Å². The Labute approximate surface area is 107 Å². The maximum Gasteiger partial charge on any atom is 0.290 e. The summed E-state index contributed by atoms with van der Waals surface area (Å²) in [6.45, 7) is 9.08. The van der Waals surface area contributed by atoms with Crippen LogP contribution in [0.5, 0.6) is 0 Å². The SMILES string of the molecule is Cc1nc(C(=O)NCC2CCN(C(C)C)C2)n[nH]1. The fraction of sp³-hybridized carbons (Fsp3) is 0.750. The Hall–Kier alpha value is -1.43. The van der Waals surface area contributed by atoms with Gasteiger partial charge in [-0.25, -0.2) is 4.98 Å². The van der Waals surface area contributed by atoms with Crippen LogP contribution in [0.25, 0.3) is 0 Å². The molecular formula is C12H21N5O. The van der Waals surface area contributed by atoms with E-state index >= 15 is 0 Å². The van der Waals surface area contributed by atoms with Gasteiger partial charge in [0.1, 0.15) is 5.82 Å². The van der Waals surface area contributed by atoms with E-state index in [0.29, 0.717) is 24.3 Å². The number of carbonyl (C=O) groups excluding carboxylic acids is 1. The lowest BCUT2D eigenvalue weighted by atomic mass is 10.1. The average molecular weight is 251 g/mol. The fourth-order valence-corrected chi connectivity index (χ4v) is 2.26. The minimum Gasteiger partial charge on any atom is -0.349 e. The number of amides is 1. The molecule has 0 radical (unpaired) electrons. The number of aromatic nitrogens is 3. The van der Waals surface area contributed by atoms with Gasteiger partial charge in [0.2, 0.25) is 5.82 Å². The van der Waals surface area contributed by atoms with Gasteiger partial charge in [0.25, 0.3) is 5.91 Å². The molecule has 2 heterocycles. The molecule has 0 spiro atoms. The van der Waals surface area contributed by atoms with Crippen LogP contribution < -0.4 is 5.32 Å². The first kappa shape index (κ1) is 13.0. The van der Waals surface area contributed by atoms with Gasteiger partial charge < -0.3 is 10.2 Å². The van der Waals surface area contributed by atoms with Gasteiger partial charge in [-0.15, -0.1) is 5.10 Å². The molecule has 1 aliphatic heterocycles. The molecule has 6 nitrogen and oxygen atoms in total. The second kappa shape index (κ2) is 5.48. The Morgan fingerprint density at radius 2 is 2.39 bits per heavy atom. The van der Waals surface area contributed by atoms with Gasteiger partial charge in [0, 0.05) is 19.1 Å². The minimum absolute atomic E-state index is 0.192. The molecule has 1 fully saturated rings. The molecule has 0 bridgehead atoms. The summed E-state index contributed by atoms with van der Waals surface area (Å²) in [6.07, 6.45) is 1.14. The lowest BCUT2D eigenvalue weighted by Gasteiger charge is -2.20. The van der Waals surface area contributed by atoms with E-state index in [1.165, 1.54) is 0 Å². The number of nitrogens with zero attached hydrogens (tertiary/aromatic N) is 3. The first-order chi connectivity index (χ1) is 8.56. The topological polar surface area (TPSA) is 73.9 Å². The van der Waals surface area contributed by atoms with Crippen molar-refractivity contribution in [3.8, 4) is 0 Å². The summed E-state index contributed by atoms with van der Waals surface area (Å²) in [4.78, 5) is 18.2. The zero-order chi connectivity index (χ0) is 13.1. The van der Waals surface area contributed by atoms with Gasteiger partial charge in [-0.3, -0.25) is 9.89 Å². The molecule has 1 saturated heterocycles. The van der Waals surface area contributed by atoms with E-state index in [1.807, 2.05) is 0 Å². The van der Waals surface area contributed by atoms with Crippen LogP contribution in [-0.2, 0) is 0 Å². The van der Waals surface area contributed by atoms with Gasteiger partial charge >= 0.3 is 0 Å². The number of hydrogen-bond acceptors (Lipinski definition) is 4. The van der Waals surface area contributed by atoms with E-state index in [2.05, 4.69) is 39.2 Å². The first-order valence-electron chi connectivity index (χ1n) is 6.47. The molecule has 1 atom stereocenters. The van der Waals surface area contributed by atoms with Gasteiger partial charge in [0.15, 0.2) is 0 Å². The lowest BCUT2D eigenvalue weighted by Crippen LogP contribution is -2.33.